The summed E-state index contributed by atoms with van der Waals surface area (Å²) < 4.78 is 38.6. The van der Waals surface area contributed by atoms with Crippen LogP contribution >= 0.6 is 0 Å². The Morgan fingerprint density at radius 2 is 2.05 bits per heavy atom. The highest BCUT2D eigenvalue weighted by molar-refractivity contribution is 5.81. The fraction of sp³-hybridized carbons (Fsp3) is 0.571. The number of H-pyrrole nitrogens is 1. The van der Waals surface area contributed by atoms with Crippen molar-refractivity contribution in [1.29, 1.82) is 0 Å². The van der Waals surface area contributed by atoms with Crippen molar-refractivity contribution >= 4 is 10.9 Å². The number of aromatic nitrogens is 3. The molecule has 2 aliphatic rings. The van der Waals surface area contributed by atoms with E-state index in [4.69, 9.17) is 0 Å². The molecule has 0 radical (unpaired) electrons. The number of aromatic amines is 1. The molecule has 4 nitrogen and oxygen atoms in total. The van der Waals surface area contributed by atoms with E-state index in [1.165, 1.54) is 12.3 Å². The number of hydrogen-bond donors (Lipinski definition) is 2. The third kappa shape index (κ3) is 2.10. The van der Waals surface area contributed by atoms with E-state index in [1.54, 1.807) is 0 Å². The maximum Gasteiger partial charge on any atom is 0.433 e. The summed E-state index contributed by atoms with van der Waals surface area (Å²) in [4.78, 5) is 4.25. The van der Waals surface area contributed by atoms with Gasteiger partial charge >= 0.3 is 6.18 Å². The predicted octanol–water partition coefficient (Wildman–Crippen LogP) is 2.52. The maximum atomic E-state index is 12.9. The van der Waals surface area contributed by atoms with Crippen molar-refractivity contribution in [3.63, 3.8) is 0 Å². The zero-order valence-electron chi connectivity index (χ0n) is 11.3. The van der Waals surface area contributed by atoms with E-state index < -0.39 is 11.9 Å². The van der Waals surface area contributed by atoms with Crippen LogP contribution in [0.25, 0.3) is 10.9 Å². The van der Waals surface area contributed by atoms with Gasteiger partial charge in [-0.3, -0.25) is 10.1 Å². The zero-order valence-corrected chi connectivity index (χ0v) is 11.3. The van der Waals surface area contributed by atoms with Gasteiger partial charge in [-0.15, -0.1) is 0 Å². The van der Waals surface area contributed by atoms with Gasteiger partial charge in [-0.05, 0) is 36.7 Å². The van der Waals surface area contributed by atoms with Gasteiger partial charge in [0.1, 0.15) is 11.2 Å². The Morgan fingerprint density at radius 3 is 2.67 bits per heavy atom. The number of alkyl halides is 3. The highest BCUT2D eigenvalue weighted by atomic mass is 19.4. The molecule has 0 bridgehead atoms. The van der Waals surface area contributed by atoms with Crippen LogP contribution in [0.2, 0.25) is 0 Å². The lowest BCUT2D eigenvalue weighted by Gasteiger charge is -2.54. The highest BCUT2D eigenvalue weighted by Crippen LogP contribution is 2.49. The van der Waals surface area contributed by atoms with Crippen molar-refractivity contribution in [2.24, 2.45) is 11.3 Å². The molecular weight excluding hydrogens is 281 g/mol. The molecule has 0 atom stereocenters. The van der Waals surface area contributed by atoms with Gasteiger partial charge in [0.05, 0.1) is 6.20 Å². The van der Waals surface area contributed by atoms with Gasteiger partial charge in [0.15, 0.2) is 0 Å². The van der Waals surface area contributed by atoms with Gasteiger partial charge in [0.2, 0.25) is 0 Å². The molecule has 4 rings (SSSR count). The molecule has 1 spiro atoms. The lowest BCUT2D eigenvalue weighted by atomic mass is 9.57. The third-order valence-corrected chi connectivity index (χ3v) is 4.72. The number of halogens is 3. The van der Waals surface area contributed by atoms with Crippen molar-refractivity contribution < 1.29 is 13.2 Å². The molecule has 1 aliphatic heterocycles. The Bertz CT molecular complexity index is 679. The van der Waals surface area contributed by atoms with E-state index in [1.807, 2.05) is 0 Å². The largest absolute Gasteiger partial charge is 0.433 e. The summed E-state index contributed by atoms with van der Waals surface area (Å²) in [6, 6.07) is 1.53. The Morgan fingerprint density at radius 1 is 1.29 bits per heavy atom. The van der Waals surface area contributed by atoms with Gasteiger partial charge < -0.3 is 5.32 Å². The minimum atomic E-state index is -4.41. The van der Waals surface area contributed by atoms with Crippen molar-refractivity contribution in [3.05, 3.63) is 23.7 Å². The smallest absolute Gasteiger partial charge is 0.316 e. The minimum Gasteiger partial charge on any atom is -0.316 e. The van der Waals surface area contributed by atoms with E-state index in [0.29, 0.717) is 11.3 Å². The normalized spacial score (nSPS) is 21.5. The van der Waals surface area contributed by atoms with Crippen molar-refractivity contribution in [3.8, 4) is 0 Å². The number of fused-ring (bicyclic) bond motifs is 1. The van der Waals surface area contributed by atoms with Crippen LogP contribution < -0.4 is 5.32 Å². The van der Waals surface area contributed by atoms with Gasteiger partial charge in [0, 0.05) is 24.2 Å². The number of nitrogens with zero attached hydrogens (tertiary/aromatic N) is 2. The average molecular weight is 296 g/mol. The molecule has 3 heterocycles. The SMILES string of the molecule is FC(F)(F)c1[nH]nc2cnc(CC3CC4(CNC4)C3)cc12. The molecule has 2 N–H and O–H groups in total. The lowest BCUT2D eigenvalue weighted by molar-refractivity contribution is -0.139. The van der Waals surface area contributed by atoms with E-state index in [0.717, 1.165) is 38.0 Å². The van der Waals surface area contributed by atoms with Crippen molar-refractivity contribution in [2.45, 2.75) is 25.4 Å². The van der Waals surface area contributed by atoms with Crippen LogP contribution in [0.3, 0.4) is 0 Å². The van der Waals surface area contributed by atoms with Crippen LogP contribution in [-0.2, 0) is 12.6 Å². The summed E-state index contributed by atoms with van der Waals surface area (Å²) in [5, 5.41) is 9.14. The maximum absolute atomic E-state index is 12.9. The first-order valence-electron chi connectivity index (χ1n) is 7.06. The summed E-state index contributed by atoms with van der Waals surface area (Å²) in [5.41, 5.74) is 0.678. The molecule has 1 aliphatic carbocycles. The number of hydrogen-bond acceptors (Lipinski definition) is 3. The van der Waals surface area contributed by atoms with E-state index in [9.17, 15) is 13.2 Å². The lowest BCUT2D eigenvalue weighted by Crippen LogP contribution is -2.60. The third-order valence-electron chi connectivity index (χ3n) is 4.72. The number of pyridine rings is 1. The van der Waals surface area contributed by atoms with Gasteiger partial charge in [-0.2, -0.15) is 18.3 Å². The second-order valence-electron chi connectivity index (χ2n) is 6.37. The first-order chi connectivity index (χ1) is 9.95. The Balaban J connectivity index is 1.56. The molecule has 2 aromatic rings. The van der Waals surface area contributed by atoms with Crippen LogP contribution in [0.5, 0.6) is 0 Å². The molecule has 21 heavy (non-hydrogen) atoms. The second-order valence-corrected chi connectivity index (χ2v) is 6.37. The highest BCUT2D eigenvalue weighted by Gasteiger charge is 2.48. The Kier molecular flexibility index (Phi) is 2.61. The quantitative estimate of drug-likeness (QED) is 0.895. The Labute approximate surface area is 119 Å². The van der Waals surface area contributed by atoms with E-state index in [-0.39, 0.29) is 10.9 Å². The standard InChI is InChI=1S/C14H15F3N4/c15-14(16,17)12-10-2-9(19-5-11(10)20-21-12)1-8-3-13(4-8)6-18-7-13/h2,5,8,18H,1,3-4,6-7H2,(H,20,21). The number of nitrogens with one attached hydrogen (secondary N) is 2. The molecule has 0 amide bonds. The molecule has 1 saturated heterocycles. The summed E-state index contributed by atoms with van der Waals surface area (Å²) in [5.74, 6) is 0.540. The molecule has 0 unspecified atom stereocenters. The van der Waals surface area contributed by atoms with Crippen molar-refractivity contribution in [2.75, 3.05) is 13.1 Å². The number of rotatable bonds is 2. The summed E-state index contributed by atoms with van der Waals surface area (Å²) in [6.07, 6.45) is 0.0654. The van der Waals surface area contributed by atoms with Gasteiger partial charge in [0.25, 0.3) is 0 Å². The predicted molar refractivity (Wildman–Crippen MR) is 70.6 cm³/mol. The fourth-order valence-corrected chi connectivity index (χ4v) is 3.66. The Hall–Kier alpha value is -1.63. The zero-order chi connectivity index (χ0) is 14.7. The summed E-state index contributed by atoms with van der Waals surface area (Å²) in [7, 11) is 0. The van der Waals surface area contributed by atoms with Gasteiger partial charge in [-0.25, -0.2) is 0 Å². The van der Waals surface area contributed by atoms with Crippen LogP contribution in [0.15, 0.2) is 12.3 Å². The average Bonchev–Trinajstić information content (AvgIpc) is 2.73. The molecule has 112 valence electrons. The monoisotopic (exact) mass is 296 g/mol. The molecule has 1 saturated carbocycles. The second kappa shape index (κ2) is 4.19. The van der Waals surface area contributed by atoms with E-state index in [2.05, 4.69) is 20.5 Å². The van der Waals surface area contributed by atoms with Gasteiger partial charge in [-0.1, -0.05) is 0 Å². The van der Waals surface area contributed by atoms with Crippen LogP contribution in [0.4, 0.5) is 13.2 Å². The van der Waals surface area contributed by atoms with Crippen molar-refractivity contribution in [1.82, 2.24) is 20.5 Å². The van der Waals surface area contributed by atoms with Crippen LogP contribution in [0, 0.1) is 11.3 Å². The minimum absolute atomic E-state index is 0.117. The molecule has 7 heteroatoms. The van der Waals surface area contributed by atoms with Crippen LogP contribution in [-0.4, -0.2) is 28.3 Å². The topological polar surface area (TPSA) is 53.6 Å². The first kappa shape index (κ1) is 13.1. The molecular formula is C14H15F3N4. The first-order valence-corrected chi connectivity index (χ1v) is 7.06. The molecule has 2 aromatic heterocycles. The summed E-state index contributed by atoms with van der Waals surface area (Å²) >= 11 is 0. The molecule has 2 fully saturated rings. The van der Waals surface area contributed by atoms with Crippen LogP contribution in [0.1, 0.15) is 24.2 Å². The fourth-order valence-electron chi connectivity index (χ4n) is 3.66. The van der Waals surface area contributed by atoms with E-state index >= 15 is 0 Å². The molecule has 0 aromatic carbocycles. The summed E-state index contributed by atoms with van der Waals surface area (Å²) in [6.45, 7) is 2.16.